The first kappa shape index (κ1) is 10.4. The lowest BCUT2D eigenvalue weighted by Gasteiger charge is -2.13. The molecule has 2 rings (SSSR count). The van der Waals surface area contributed by atoms with Crippen LogP contribution >= 0.6 is 0 Å². The Morgan fingerprint density at radius 3 is 2.67 bits per heavy atom. The molecule has 2 nitrogen and oxygen atoms in total. The van der Waals surface area contributed by atoms with E-state index in [9.17, 15) is 4.39 Å². The Morgan fingerprint density at radius 2 is 2.07 bits per heavy atom. The third-order valence-electron chi connectivity index (χ3n) is 2.77. The van der Waals surface area contributed by atoms with E-state index in [2.05, 4.69) is 0 Å². The van der Waals surface area contributed by atoms with E-state index in [0.29, 0.717) is 11.3 Å². The maximum Gasteiger partial charge on any atom is 0.165 e. The maximum atomic E-state index is 13.5. The molecule has 1 fully saturated rings. The zero-order valence-electron chi connectivity index (χ0n) is 8.58. The van der Waals surface area contributed by atoms with Crippen LogP contribution in [0.3, 0.4) is 0 Å². The molecule has 0 aliphatic heterocycles. The normalized spacial score (nSPS) is 16.9. The topological polar surface area (TPSA) is 29.5 Å². The Labute approximate surface area is 88.7 Å². The highest BCUT2D eigenvalue weighted by molar-refractivity contribution is 5.29. The molecule has 0 atom stereocenters. The van der Waals surface area contributed by atoms with Gasteiger partial charge in [0.15, 0.2) is 11.6 Å². The minimum Gasteiger partial charge on any atom is -0.487 e. The van der Waals surface area contributed by atoms with Crippen molar-refractivity contribution in [3.8, 4) is 5.75 Å². The molecule has 0 unspecified atom stereocenters. The van der Waals surface area contributed by atoms with Gasteiger partial charge in [-0.15, -0.1) is 0 Å². The van der Waals surface area contributed by atoms with E-state index in [1.54, 1.807) is 12.1 Å². The molecule has 15 heavy (non-hydrogen) atoms. The fraction of sp³-hybridized carbons (Fsp3) is 0.500. The lowest BCUT2D eigenvalue weighted by molar-refractivity contribution is 0.200. The zero-order chi connectivity index (χ0) is 10.7. The lowest BCUT2D eigenvalue weighted by Crippen LogP contribution is -2.11. The van der Waals surface area contributed by atoms with E-state index in [-0.39, 0.29) is 18.5 Å². The second kappa shape index (κ2) is 4.62. The van der Waals surface area contributed by atoms with Crippen molar-refractivity contribution in [2.24, 2.45) is 0 Å². The second-order valence-electron chi connectivity index (χ2n) is 3.95. The fourth-order valence-corrected chi connectivity index (χ4v) is 1.92. The van der Waals surface area contributed by atoms with Crippen LogP contribution in [0, 0.1) is 5.82 Å². The highest BCUT2D eigenvalue weighted by Gasteiger charge is 2.18. The Kier molecular flexibility index (Phi) is 3.21. The van der Waals surface area contributed by atoms with Crippen LogP contribution in [0.15, 0.2) is 18.2 Å². The van der Waals surface area contributed by atoms with Crippen LogP contribution in [-0.4, -0.2) is 11.2 Å². The van der Waals surface area contributed by atoms with Gasteiger partial charge in [-0.1, -0.05) is 6.07 Å². The fourth-order valence-electron chi connectivity index (χ4n) is 1.92. The smallest absolute Gasteiger partial charge is 0.165 e. The van der Waals surface area contributed by atoms with Crippen molar-refractivity contribution in [2.45, 2.75) is 38.4 Å². The molecule has 1 aliphatic rings. The molecule has 1 aromatic rings. The van der Waals surface area contributed by atoms with Gasteiger partial charge >= 0.3 is 0 Å². The van der Waals surface area contributed by atoms with Crippen molar-refractivity contribution in [3.63, 3.8) is 0 Å². The van der Waals surface area contributed by atoms with E-state index >= 15 is 0 Å². The van der Waals surface area contributed by atoms with Crippen LogP contribution < -0.4 is 4.74 Å². The standard InChI is InChI=1S/C12H15FO2/c13-11-7-9(8-14)5-6-12(11)15-10-3-1-2-4-10/h5-7,10,14H,1-4,8H2. The van der Waals surface area contributed by atoms with Gasteiger partial charge in [0, 0.05) is 0 Å². The summed E-state index contributed by atoms with van der Waals surface area (Å²) in [4.78, 5) is 0. The molecule has 1 aromatic carbocycles. The van der Waals surface area contributed by atoms with Crippen LogP contribution in [0.4, 0.5) is 4.39 Å². The Morgan fingerprint density at radius 1 is 1.33 bits per heavy atom. The molecule has 1 N–H and O–H groups in total. The first-order chi connectivity index (χ1) is 7.29. The van der Waals surface area contributed by atoms with Crippen LogP contribution in [0.5, 0.6) is 5.75 Å². The number of aliphatic hydroxyl groups is 1. The number of hydrogen-bond acceptors (Lipinski definition) is 2. The average molecular weight is 210 g/mol. The quantitative estimate of drug-likeness (QED) is 0.831. The van der Waals surface area contributed by atoms with Crippen molar-refractivity contribution in [3.05, 3.63) is 29.6 Å². The summed E-state index contributed by atoms with van der Waals surface area (Å²) in [6, 6.07) is 4.61. The number of benzene rings is 1. The van der Waals surface area contributed by atoms with Gasteiger partial charge in [0.05, 0.1) is 12.7 Å². The predicted molar refractivity (Wildman–Crippen MR) is 55.2 cm³/mol. The van der Waals surface area contributed by atoms with E-state index < -0.39 is 0 Å². The molecular formula is C12H15FO2. The maximum absolute atomic E-state index is 13.5. The van der Waals surface area contributed by atoms with Crippen LogP contribution in [0.25, 0.3) is 0 Å². The molecular weight excluding hydrogens is 195 g/mol. The summed E-state index contributed by atoms with van der Waals surface area (Å²) < 4.78 is 19.0. The predicted octanol–water partition coefficient (Wildman–Crippen LogP) is 2.64. The largest absolute Gasteiger partial charge is 0.487 e. The van der Waals surface area contributed by atoms with Crippen LogP contribution in [-0.2, 0) is 6.61 Å². The van der Waals surface area contributed by atoms with Crippen molar-refractivity contribution in [1.82, 2.24) is 0 Å². The monoisotopic (exact) mass is 210 g/mol. The molecule has 0 saturated heterocycles. The number of ether oxygens (including phenoxy) is 1. The van der Waals surface area contributed by atoms with E-state index in [1.807, 2.05) is 0 Å². The minimum absolute atomic E-state index is 0.138. The number of aliphatic hydroxyl groups excluding tert-OH is 1. The molecule has 1 aliphatic carbocycles. The third kappa shape index (κ3) is 2.48. The SMILES string of the molecule is OCc1ccc(OC2CCCC2)c(F)c1. The summed E-state index contributed by atoms with van der Waals surface area (Å²) in [6.45, 7) is -0.138. The van der Waals surface area contributed by atoms with Gasteiger partial charge in [-0.2, -0.15) is 0 Å². The molecule has 0 spiro atoms. The first-order valence-corrected chi connectivity index (χ1v) is 5.35. The Bertz CT molecular complexity index is 332. The van der Waals surface area contributed by atoms with Gasteiger partial charge in [-0.3, -0.25) is 0 Å². The van der Waals surface area contributed by atoms with Crippen LogP contribution in [0.1, 0.15) is 31.2 Å². The van der Waals surface area contributed by atoms with Crippen LogP contribution in [0.2, 0.25) is 0 Å². The average Bonchev–Trinajstić information content (AvgIpc) is 2.74. The van der Waals surface area contributed by atoms with Gasteiger partial charge in [0.25, 0.3) is 0 Å². The zero-order valence-corrected chi connectivity index (χ0v) is 8.58. The molecule has 0 heterocycles. The minimum atomic E-state index is -0.381. The summed E-state index contributed by atoms with van der Waals surface area (Å²) in [5.41, 5.74) is 0.575. The molecule has 1 saturated carbocycles. The Balaban J connectivity index is 2.07. The van der Waals surface area contributed by atoms with Crippen molar-refractivity contribution >= 4 is 0 Å². The van der Waals surface area contributed by atoms with Gasteiger partial charge in [-0.05, 0) is 43.4 Å². The molecule has 0 bridgehead atoms. The Hall–Kier alpha value is -1.09. The molecule has 82 valence electrons. The third-order valence-corrected chi connectivity index (χ3v) is 2.77. The van der Waals surface area contributed by atoms with E-state index in [0.717, 1.165) is 12.8 Å². The van der Waals surface area contributed by atoms with Crippen molar-refractivity contribution in [1.29, 1.82) is 0 Å². The van der Waals surface area contributed by atoms with Crippen molar-refractivity contribution < 1.29 is 14.2 Å². The number of halogens is 1. The highest BCUT2D eigenvalue weighted by Crippen LogP contribution is 2.26. The number of hydrogen-bond donors (Lipinski definition) is 1. The molecule has 0 amide bonds. The summed E-state index contributed by atoms with van der Waals surface area (Å²) in [5.74, 6) is -0.0763. The summed E-state index contributed by atoms with van der Waals surface area (Å²) in [6.07, 6.45) is 4.53. The van der Waals surface area contributed by atoms with Gasteiger partial charge in [-0.25, -0.2) is 4.39 Å². The molecule has 0 radical (unpaired) electrons. The van der Waals surface area contributed by atoms with Crippen molar-refractivity contribution in [2.75, 3.05) is 0 Å². The van der Waals surface area contributed by atoms with Gasteiger partial charge < -0.3 is 9.84 Å². The summed E-state index contributed by atoms with van der Waals surface area (Å²) >= 11 is 0. The van der Waals surface area contributed by atoms with E-state index in [1.165, 1.54) is 18.9 Å². The van der Waals surface area contributed by atoms with E-state index in [4.69, 9.17) is 9.84 Å². The first-order valence-electron chi connectivity index (χ1n) is 5.35. The molecule has 0 aromatic heterocycles. The number of rotatable bonds is 3. The van der Waals surface area contributed by atoms with Gasteiger partial charge in [0.1, 0.15) is 0 Å². The molecule has 3 heteroatoms. The summed E-state index contributed by atoms with van der Waals surface area (Å²) in [7, 11) is 0. The lowest BCUT2D eigenvalue weighted by atomic mass is 10.2. The van der Waals surface area contributed by atoms with Gasteiger partial charge in [0.2, 0.25) is 0 Å². The highest BCUT2D eigenvalue weighted by atomic mass is 19.1. The summed E-state index contributed by atoms with van der Waals surface area (Å²) in [5, 5.41) is 8.83. The second-order valence-corrected chi connectivity index (χ2v) is 3.95.